The SMILES string of the molecule is Fc1ncccc1Cn1ncc2ncc(Nc3cc(OC(F)F)n[nH]3)nc21. The number of pyridine rings is 1. The van der Waals surface area contributed by atoms with Gasteiger partial charge in [-0.05, 0) is 6.07 Å². The van der Waals surface area contributed by atoms with Gasteiger partial charge in [0, 0.05) is 17.8 Å². The highest BCUT2D eigenvalue weighted by Crippen LogP contribution is 2.20. The van der Waals surface area contributed by atoms with Gasteiger partial charge in [-0.2, -0.15) is 18.3 Å². The monoisotopic (exact) mass is 376 g/mol. The molecule has 0 amide bonds. The second kappa shape index (κ2) is 6.90. The minimum absolute atomic E-state index is 0.123. The van der Waals surface area contributed by atoms with Crippen LogP contribution in [0.5, 0.6) is 5.88 Å². The van der Waals surface area contributed by atoms with Crippen LogP contribution >= 0.6 is 0 Å². The Morgan fingerprint density at radius 2 is 2.15 bits per heavy atom. The summed E-state index contributed by atoms with van der Waals surface area (Å²) in [7, 11) is 0. The van der Waals surface area contributed by atoms with Crippen molar-refractivity contribution in [2.24, 2.45) is 0 Å². The molecule has 0 bridgehead atoms. The number of nitrogens with one attached hydrogen (secondary N) is 2. The molecule has 4 rings (SSSR count). The second-order valence-corrected chi connectivity index (χ2v) is 5.34. The third-order valence-corrected chi connectivity index (χ3v) is 3.53. The average molecular weight is 376 g/mol. The molecule has 0 unspecified atom stereocenters. The first-order valence-corrected chi connectivity index (χ1v) is 7.63. The molecule has 0 aliphatic rings. The maximum atomic E-state index is 13.8. The number of anilines is 2. The Kier molecular flexibility index (Phi) is 4.28. The van der Waals surface area contributed by atoms with E-state index in [-0.39, 0.29) is 18.2 Å². The van der Waals surface area contributed by atoms with Gasteiger partial charge in [0.25, 0.3) is 0 Å². The maximum Gasteiger partial charge on any atom is 0.388 e. The number of aromatic amines is 1. The van der Waals surface area contributed by atoms with E-state index >= 15 is 0 Å². The Labute approximate surface area is 149 Å². The standard InChI is InChI=1S/C15H11F3N8O/c16-13-8(2-1-3-19-13)7-26-14-9(5-21-26)20-6-11(23-14)22-10-4-12(25-24-10)27-15(17)18/h1-6,15H,7H2,(H2,22,23,24,25). The lowest BCUT2D eigenvalue weighted by Gasteiger charge is -2.05. The van der Waals surface area contributed by atoms with E-state index in [2.05, 4.69) is 40.3 Å². The summed E-state index contributed by atoms with van der Waals surface area (Å²) in [6.07, 6.45) is 4.30. The Bertz CT molecular complexity index is 1080. The molecule has 0 radical (unpaired) electrons. The van der Waals surface area contributed by atoms with E-state index in [0.29, 0.717) is 22.5 Å². The quantitative estimate of drug-likeness (QED) is 0.498. The predicted molar refractivity (Wildman–Crippen MR) is 87.1 cm³/mol. The van der Waals surface area contributed by atoms with Crippen molar-refractivity contribution in [2.45, 2.75) is 13.2 Å². The van der Waals surface area contributed by atoms with E-state index in [9.17, 15) is 13.2 Å². The topological polar surface area (TPSA) is 106 Å². The van der Waals surface area contributed by atoms with Crippen LogP contribution in [0.3, 0.4) is 0 Å². The van der Waals surface area contributed by atoms with Crippen molar-refractivity contribution in [3.63, 3.8) is 0 Å². The van der Waals surface area contributed by atoms with E-state index < -0.39 is 12.6 Å². The molecule has 0 aromatic carbocycles. The normalized spacial score (nSPS) is 11.3. The molecule has 138 valence electrons. The minimum Gasteiger partial charge on any atom is -0.415 e. The molecule has 0 aliphatic heterocycles. The molecule has 0 fully saturated rings. The second-order valence-electron chi connectivity index (χ2n) is 5.34. The molecule has 0 spiro atoms. The Hall–Kier alpha value is -3.70. The largest absolute Gasteiger partial charge is 0.415 e. The molecule has 4 heterocycles. The summed E-state index contributed by atoms with van der Waals surface area (Å²) in [5.41, 5.74) is 1.27. The van der Waals surface area contributed by atoms with Crippen molar-refractivity contribution in [1.82, 2.24) is 34.9 Å². The zero-order chi connectivity index (χ0) is 18.8. The van der Waals surface area contributed by atoms with Gasteiger partial charge in [0.1, 0.15) is 11.3 Å². The lowest BCUT2D eigenvalue weighted by Crippen LogP contribution is -2.06. The number of aromatic nitrogens is 7. The fourth-order valence-corrected chi connectivity index (χ4v) is 2.38. The van der Waals surface area contributed by atoms with Crippen LogP contribution in [0.2, 0.25) is 0 Å². The number of alkyl halides is 2. The molecular weight excluding hydrogens is 365 g/mol. The molecule has 4 aromatic rings. The molecule has 0 atom stereocenters. The number of hydrogen-bond acceptors (Lipinski definition) is 7. The fourth-order valence-electron chi connectivity index (χ4n) is 2.38. The number of fused-ring (bicyclic) bond motifs is 1. The number of halogens is 3. The summed E-state index contributed by atoms with van der Waals surface area (Å²) in [5.74, 6) is -0.266. The molecule has 4 aromatic heterocycles. The van der Waals surface area contributed by atoms with Gasteiger partial charge in [0.15, 0.2) is 11.5 Å². The van der Waals surface area contributed by atoms with E-state index in [0.717, 1.165) is 0 Å². The fraction of sp³-hybridized carbons (Fsp3) is 0.133. The molecule has 9 nitrogen and oxygen atoms in total. The highest BCUT2D eigenvalue weighted by Gasteiger charge is 2.12. The van der Waals surface area contributed by atoms with Crippen LogP contribution in [0.25, 0.3) is 11.2 Å². The first-order valence-electron chi connectivity index (χ1n) is 7.63. The maximum absolute atomic E-state index is 13.8. The third-order valence-electron chi connectivity index (χ3n) is 3.53. The smallest absolute Gasteiger partial charge is 0.388 e. The van der Waals surface area contributed by atoms with E-state index in [1.54, 1.807) is 12.1 Å². The molecule has 0 saturated carbocycles. The van der Waals surface area contributed by atoms with Gasteiger partial charge in [-0.3, -0.25) is 5.10 Å². The van der Waals surface area contributed by atoms with Crippen molar-refractivity contribution in [2.75, 3.05) is 5.32 Å². The first kappa shape index (κ1) is 16.8. The third kappa shape index (κ3) is 3.63. The summed E-state index contributed by atoms with van der Waals surface area (Å²) in [5, 5.41) is 13.1. The number of rotatable bonds is 6. The summed E-state index contributed by atoms with van der Waals surface area (Å²) >= 11 is 0. The first-order chi connectivity index (χ1) is 13.1. The Morgan fingerprint density at radius 1 is 1.26 bits per heavy atom. The van der Waals surface area contributed by atoms with Crippen molar-refractivity contribution < 1.29 is 17.9 Å². The van der Waals surface area contributed by atoms with Crippen molar-refractivity contribution >= 4 is 22.8 Å². The number of ether oxygens (including phenoxy) is 1. The summed E-state index contributed by atoms with van der Waals surface area (Å²) < 4.78 is 43.8. The molecule has 0 aliphatic carbocycles. The predicted octanol–water partition coefficient (Wildman–Crippen LogP) is 2.48. The van der Waals surface area contributed by atoms with Crippen molar-refractivity contribution in [3.8, 4) is 5.88 Å². The van der Waals surface area contributed by atoms with Crippen LogP contribution in [0.15, 0.2) is 36.8 Å². The van der Waals surface area contributed by atoms with Gasteiger partial charge in [0.05, 0.1) is 18.9 Å². The highest BCUT2D eigenvalue weighted by atomic mass is 19.3. The van der Waals surface area contributed by atoms with Crippen LogP contribution in [0.4, 0.5) is 24.8 Å². The minimum atomic E-state index is -2.97. The van der Waals surface area contributed by atoms with Crippen LogP contribution < -0.4 is 10.1 Å². The van der Waals surface area contributed by atoms with Crippen LogP contribution in [0.1, 0.15) is 5.56 Å². The lowest BCUT2D eigenvalue weighted by molar-refractivity contribution is -0.0528. The van der Waals surface area contributed by atoms with Gasteiger partial charge in [-0.25, -0.2) is 19.6 Å². The average Bonchev–Trinajstić information content (AvgIpc) is 3.23. The zero-order valence-corrected chi connectivity index (χ0v) is 13.5. The molecule has 27 heavy (non-hydrogen) atoms. The van der Waals surface area contributed by atoms with Crippen molar-refractivity contribution in [3.05, 3.63) is 48.3 Å². The van der Waals surface area contributed by atoms with E-state index in [1.165, 1.54) is 29.3 Å². The van der Waals surface area contributed by atoms with Crippen LogP contribution in [0, 0.1) is 5.95 Å². The molecule has 0 saturated heterocycles. The number of hydrogen-bond donors (Lipinski definition) is 2. The Morgan fingerprint density at radius 3 is 2.96 bits per heavy atom. The van der Waals surface area contributed by atoms with Gasteiger partial charge >= 0.3 is 6.61 Å². The van der Waals surface area contributed by atoms with Crippen molar-refractivity contribution in [1.29, 1.82) is 0 Å². The Balaban J connectivity index is 1.58. The van der Waals surface area contributed by atoms with Crippen LogP contribution in [-0.4, -0.2) is 41.5 Å². The highest BCUT2D eigenvalue weighted by molar-refractivity contribution is 5.72. The molecule has 2 N–H and O–H groups in total. The lowest BCUT2D eigenvalue weighted by atomic mass is 10.3. The summed E-state index contributed by atoms with van der Waals surface area (Å²) in [6.45, 7) is -2.85. The van der Waals surface area contributed by atoms with E-state index in [4.69, 9.17) is 0 Å². The number of nitrogens with zero attached hydrogens (tertiary/aromatic N) is 6. The molecular formula is C15H11F3N8O. The molecule has 12 heteroatoms. The van der Waals surface area contributed by atoms with Gasteiger partial charge in [0.2, 0.25) is 11.8 Å². The van der Waals surface area contributed by atoms with Gasteiger partial charge in [-0.15, -0.1) is 5.10 Å². The summed E-state index contributed by atoms with van der Waals surface area (Å²) in [4.78, 5) is 12.2. The van der Waals surface area contributed by atoms with Gasteiger partial charge < -0.3 is 10.1 Å². The van der Waals surface area contributed by atoms with Gasteiger partial charge in [-0.1, -0.05) is 6.07 Å². The van der Waals surface area contributed by atoms with Crippen LogP contribution in [-0.2, 0) is 6.54 Å². The van der Waals surface area contributed by atoms with E-state index in [1.807, 2.05) is 0 Å². The zero-order valence-electron chi connectivity index (χ0n) is 13.5. The number of H-pyrrole nitrogens is 1. The summed E-state index contributed by atoms with van der Waals surface area (Å²) in [6, 6.07) is 4.47.